The fourth-order valence-electron chi connectivity index (χ4n) is 2.53. The summed E-state index contributed by atoms with van der Waals surface area (Å²) in [5, 5.41) is 0.971. The molecule has 1 heterocycles. The van der Waals surface area contributed by atoms with Gasteiger partial charge in [0.1, 0.15) is 5.75 Å². The van der Waals surface area contributed by atoms with Crippen molar-refractivity contribution in [2.75, 3.05) is 7.11 Å². The van der Waals surface area contributed by atoms with Crippen LogP contribution >= 0.6 is 0 Å². The molecule has 0 atom stereocenters. The number of hydrogen-bond donors (Lipinski definition) is 1. The third-order valence-electron chi connectivity index (χ3n) is 3.89. The smallest absolute Gasteiger partial charge is 0.165 e. The van der Waals surface area contributed by atoms with E-state index in [9.17, 15) is 4.79 Å². The van der Waals surface area contributed by atoms with E-state index in [0.29, 0.717) is 12.3 Å². The van der Waals surface area contributed by atoms with Crippen LogP contribution in [0.4, 0.5) is 0 Å². The molecule has 1 N–H and O–H groups in total. The number of H-pyrrole nitrogens is 1. The Morgan fingerprint density at radius 3 is 2.94 bits per heavy atom. The number of carbonyl (C=O) groups excluding carboxylic acids is 1. The fourth-order valence-corrected chi connectivity index (χ4v) is 2.53. The Hall–Kier alpha value is -1.77. The highest BCUT2D eigenvalue weighted by atomic mass is 16.5. The standard InChI is InChI=1S/C15H17NO2/c1-18-11-5-6-14-12(8-11)13(9-16-14)15(17)7-10-3-2-4-10/h5-6,8-10,16H,2-4,7H2,1H3. The van der Waals surface area contributed by atoms with E-state index in [2.05, 4.69) is 4.98 Å². The van der Waals surface area contributed by atoms with Crippen molar-refractivity contribution in [1.29, 1.82) is 0 Å². The lowest BCUT2D eigenvalue weighted by Crippen LogP contribution is -2.15. The topological polar surface area (TPSA) is 42.1 Å². The highest BCUT2D eigenvalue weighted by molar-refractivity contribution is 6.08. The molecule has 0 bridgehead atoms. The summed E-state index contributed by atoms with van der Waals surface area (Å²) in [5.74, 6) is 1.65. The van der Waals surface area contributed by atoms with Crippen LogP contribution in [0.25, 0.3) is 10.9 Å². The average molecular weight is 243 g/mol. The summed E-state index contributed by atoms with van der Waals surface area (Å²) in [6.07, 6.45) is 6.20. The number of aromatic amines is 1. The highest BCUT2D eigenvalue weighted by Crippen LogP contribution is 2.32. The van der Waals surface area contributed by atoms with Gasteiger partial charge in [0.15, 0.2) is 5.78 Å². The van der Waals surface area contributed by atoms with Gasteiger partial charge in [-0.25, -0.2) is 0 Å². The molecule has 0 saturated heterocycles. The number of hydrogen-bond acceptors (Lipinski definition) is 2. The number of fused-ring (bicyclic) bond motifs is 1. The summed E-state index contributed by atoms with van der Waals surface area (Å²) < 4.78 is 5.21. The van der Waals surface area contributed by atoms with Crippen molar-refractivity contribution >= 4 is 16.7 Å². The third kappa shape index (κ3) is 1.90. The minimum absolute atomic E-state index is 0.249. The van der Waals surface area contributed by atoms with Crippen molar-refractivity contribution in [2.45, 2.75) is 25.7 Å². The van der Waals surface area contributed by atoms with Crippen molar-refractivity contribution in [3.63, 3.8) is 0 Å². The normalized spacial score (nSPS) is 15.6. The van der Waals surface area contributed by atoms with Crippen LogP contribution in [0.15, 0.2) is 24.4 Å². The maximum atomic E-state index is 12.3. The minimum Gasteiger partial charge on any atom is -0.497 e. The van der Waals surface area contributed by atoms with E-state index in [1.165, 1.54) is 19.3 Å². The van der Waals surface area contributed by atoms with E-state index in [1.54, 1.807) is 7.11 Å². The largest absolute Gasteiger partial charge is 0.497 e. The van der Waals surface area contributed by atoms with Gasteiger partial charge in [0.2, 0.25) is 0 Å². The Labute approximate surface area is 106 Å². The number of benzene rings is 1. The van der Waals surface area contributed by atoms with Crippen LogP contribution in [-0.4, -0.2) is 17.9 Å². The van der Waals surface area contributed by atoms with Crippen molar-refractivity contribution < 1.29 is 9.53 Å². The van der Waals surface area contributed by atoms with Crippen LogP contribution in [0.5, 0.6) is 5.75 Å². The molecule has 3 heteroatoms. The van der Waals surface area contributed by atoms with E-state index < -0.39 is 0 Å². The highest BCUT2D eigenvalue weighted by Gasteiger charge is 2.22. The zero-order valence-electron chi connectivity index (χ0n) is 10.5. The number of Topliss-reactive ketones (excluding diaryl/α,β-unsaturated/α-hetero) is 1. The van der Waals surface area contributed by atoms with Crippen molar-refractivity contribution in [2.24, 2.45) is 5.92 Å². The number of ketones is 1. The second-order valence-electron chi connectivity index (χ2n) is 5.04. The van der Waals surface area contributed by atoms with Crippen LogP contribution in [0, 0.1) is 5.92 Å². The van der Waals surface area contributed by atoms with Gasteiger partial charge >= 0.3 is 0 Å². The molecule has 0 radical (unpaired) electrons. The van der Waals surface area contributed by atoms with Gasteiger partial charge < -0.3 is 9.72 Å². The molecular weight excluding hydrogens is 226 g/mol. The molecule has 1 saturated carbocycles. The Kier molecular flexibility index (Phi) is 2.82. The van der Waals surface area contributed by atoms with Crippen molar-refractivity contribution in [3.05, 3.63) is 30.0 Å². The summed E-state index contributed by atoms with van der Waals surface area (Å²) in [6, 6.07) is 5.78. The lowest BCUT2D eigenvalue weighted by atomic mass is 9.81. The Bertz CT molecular complexity index is 581. The van der Waals surface area contributed by atoms with Gasteiger partial charge in [-0.15, -0.1) is 0 Å². The number of aromatic nitrogens is 1. The number of carbonyl (C=O) groups is 1. The molecule has 0 unspecified atom stereocenters. The average Bonchev–Trinajstić information content (AvgIpc) is 2.76. The second kappa shape index (κ2) is 4.48. The predicted molar refractivity (Wildman–Crippen MR) is 71.1 cm³/mol. The summed E-state index contributed by atoms with van der Waals surface area (Å²) in [4.78, 5) is 15.4. The van der Waals surface area contributed by atoms with Gasteiger partial charge in [0.05, 0.1) is 7.11 Å². The van der Waals surface area contributed by atoms with E-state index in [4.69, 9.17) is 4.74 Å². The molecule has 1 aromatic heterocycles. The first-order valence-corrected chi connectivity index (χ1v) is 6.46. The molecule has 1 aliphatic rings. The number of methoxy groups -OCH3 is 1. The van der Waals surface area contributed by atoms with Gasteiger partial charge in [0, 0.05) is 29.1 Å². The molecule has 0 amide bonds. The molecule has 0 aliphatic heterocycles. The van der Waals surface area contributed by atoms with Gasteiger partial charge in [-0.05, 0) is 24.1 Å². The monoisotopic (exact) mass is 243 g/mol. The first-order valence-electron chi connectivity index (χ1n) is 6.46. The molecule has 18 heavy (non-hydrogen) atoms. The Morgan fingerprint density at radius 1 is 1.44 bits per heavy atom. The summed E-state index contributed by atoms with van der Waals surface area (Å²) in [6.45, 7) is 0. The number of ether oxygens (including phenoxy) is 1. The number of rotatable bonds is 4. The molecule has 3 nitrogen and oxygen atoms in total. The molecule has 1 aliphatic carbocycles. The van der Waals surface area contributed by atoms with E-state index in [0.717, 1.165) is 22.2 Å². The SMILES string of the molecule is COc1ccc2[nH]cc(C(=O)CC3CCC3)c2c1. The van der Waals surface area contributed by atoms with Crippen LogP contribution < -0.4 is 4.74 Å². The first kappa shape index (κ1) is 11.3. The van der Waals surface area contributed by atoms with Crippen LogP contribution in [0.3, 0.4) is 0 Å². The van der Waals surface area contributed by atoms with Crippen LogP contribution in [0.2, 0.25) is 0 Å². The third-order valence-corrected chi connectivity index (χ3v) is 3.89. The van der Waals surface area contributed by atoms with E-state index >= 15 is 0 Å². The molecule has 94 valence electrons. The van der Waals surface area contributed by atoms with Gasteiger partial charge in [-0.2, -0.15) is 0 Å². The molecule has 1 fully saturated rings. The molecule has 2 aromatic rings. The number of nitrogens with one attached hydrogen (secondary N) is 1. The lowest BCUT2D eigenvalue weighted by Gasteiger charge is -2.24. The van der Waals surface area contributed by atoms with Gasteiger partial charge in [-0.3, -0.25) is 4.79 Å². The van der Waals surface area contributed by atoms with Gasteiger partial charge in [-0.1, -0.05) is 19.3 Å². The Balaban J connectivity index is 1.92. The van der Waals surface area contributed by atoms with E-state index in [-0.39, 0.29) is 5.78 Å². The van der Waals surface area contributed by atoms with Crippen molar-refractivity contribution in [1.82, 2.24) is 4.98 Å². The summed E-state index contributed by atoms with van der Waals surface area (Å²) in [7, 11) is 1.64. The molecule has 1 aromatic carbocycles. The zero-order valence-corrected chi connectivity index (χ0v) is 10.5. The molecular formula is C15H17NO2. The quantitative estimate of drug-likeness (QED) is 0.834. The summed E-state index contributed by atoms with van der Waals surface area (Å²) >= 11 is 0. The molecule has 0 spiro atoms. The lowest BCUT2D eigenvalue weighted by molar-refractivity contribution is 0.0938. The Morgan fingerprint density at radius 2 is 2.28 bits per heavy atom. The summed E-state index contributed by atoms with van der Waals surface area (Å²) in [5.41, 5.74) is 1.79. The second-order valence-corrected chi connectivity index (χ2v) is 5.04. The zero-order chi connectivity index (χ0) is 12.5. The minimum atomic E-state index is 0.249. The molecule has 3 rings (SSSR count). The van der Waals surface area contributed by atoms with Crippen LogP contribution in [0.1, 0.15) is 36.0 Å². The predicted octanol–water partition coefficient (Wildman–Crippen LogP) is 3.55. The first-order chi connectivity index (χ1) is 8.78. The fraction of sp³-hybridized carbons (Fsp3) is 0.400. The maximum Gasteiger partial charge on any atom is 0.165 e. The maximum absolute atomic E-state index is 12.3. The van der Waals surface area contributed by atoms with E-state index in [1.807, 2.05) is 24.4 Å². The van der Waals surface area contributed by atoms with Gasteiger partial charge in [0.25, 0.3) is 0 Å². The van der Waals surface area contributed by atoms with Crippen molar-refractivity contribution in [3.8, 4) is 5.75 Å². The van der Waals surface area contributed by atoms with Crippen LogP contribution in [-0.2, 0) is 0 Å².